The second kappa shape index (κ2) is 6.59. The van der Waals surface area contributed by atoms with Crippen LogP contribution in [0.2, 0.25) is 10.0 Å². The number of aromatic nitrogens is 1. The van der Waals surface area contributed by atoms with Crippen molar-refractivity contribution in [1.29, 1.82) is 0 Å². The van der Waals surface area contributed by atoms with Crippen LogP contribution < -0.4 is 16.0 Å². The summed E-state index contributed by atoms with van der Waals surface area (Å²) in [6.07, 6.45) is 1.17. The van der Waals surface area contributed by atoms with Crippen LogP contribution in [0.4, 0.5) is 5.82 Å². The van der Waals surface area contributed by atoms with Gasteiger partial charge < -0.3 is 5.43 Å². The molecule has 0 spiro atoms. The second-order valence-electron chi connectivity index (χ2n) is 4.10. The summed E-state index contributed by atoms with van der Waals surface area (Å²) >= 11 is 11.6. The van der Waals surface area contributed by atoms with Gasteiger partial charge in [-0.05, 0) is 23.8 Å². The van der Waals surface area contributed by atoms with Gasteiger partial charge in [-0.3, -0.25) is 0 Å². The number of nitrogens with zero attached hydrogens (tertiary/aromatic N) is 1. The maximum Gasteiger partial charge on any atom is 0.242 e. The smallest absolute Gasteiger partial charge is 0.242 e. The summed E-state index contributed by atoms with van der Waals surface area (Å²) in [5, 5.41) is 0.703. The summed E-state index contributed by atoms with van der Waals surface area (Å²) in [4.78, 5) is 3.78. The predicted molar refractivity (Wildman–Crippen MR) is 82.5 cm³/mol. The Kier molecular flexibility index (Phi) is 5.02. The molecule has 0 fully saturated rings. The van der Waals surface area contributed by atoms with E-state index in [1.807, 2.05) is 0 Å². The van der Waals surface area contributed by atoms with Crippen molar-refractivity contribution in [3.8, 4) is 0 Å². The molecule has 2 rings (SSSR count). The maximum atomic E-state index is 12.1. The van der Waals surface area contributed by atoms with E-state index in [1.165, 1.54) is 12.3 Å². The number of hydrazine groups is 1. The largest absolute Gasteiger partial charge is 0.307 e. The van der Waals surface area contributed by atoms with Gasteiger partial charge in [-0.2, -0.15) is 0 Å². The normalized spacial score (nSPS) is 11.4. The third kappa shape index (κ3) is 4.05. The molecular formula is C12H12Cl2N4O2S. The Morgan fingerprint density at radius 1 is 1.19 bits per heavy atom. The summed E-state index contributed by atoms with van der Waals surface area (Å²) in [7, 11) is -3.71. The van der Waals surface area contributed by atoms with Crippen molar-refractivity contribution in [2.75, 3.05) is 5.43 Å². The molecule has 6 nitrogen and oxygen atoms in total. The number of nitrogen functional groups attached to an aromatic ring is 1. The Hall–Kier alpha value is -1.38. The quantitative estimate of drug-likeness (QED) is 0.569. The highest BCUT2D eigenvalue weighted by molar-refractivity contribution is 7.89. The molecule has 0 radical (unpaired) electrons. The first kappa shape index (κ1) is 16.0. The van der Waals surface area contributed by atoms with Crippen LogP contribution in [0, 0.1) is 0 Å². The third-order valence-corrected chi connectivity index (χ3v) is 4.55. The fourth-order valence-electron chi connectivity index (χ4n) is 1.54. The number of nitrogens with one attached hydrogen (secondary N) is 2. The molecule has 0 aliphatic heterocycles. The van der Waals surface area contributed by atoms with E-state index in [0.29, 0.717) is 5.02 Å². The molecule has 0 saturated carbocycles. The number of hydrogen-bond donors (Lipinski definition) is 3. The van der Waals surface area contributed by atoms with Crippen LogP contribution in [0.25, 0.3) is 0 Å². The van der Waals surface area contributed by atoms with E-state index < -0.39 is 10.0 Å². The van der Waals surface area contributed by atoms with E-state index >= 15 is 0 Å². The molecule has 4 N–H and O–H groups in total. The van der Waals surface area contributed by atoms with Gasteiger partial charge in [0.2, 0.25) is 10.0 Å². The molecule has 112 valence electrons. The number of pyridine rings is 1. The fraction of sp³-hybridized carbons (Fsp3) is 0.0833. The van der Waals surface area contributed by atoms with Crippen molar-refractivity contribution in [3.05, 3.63) is 52.1 Å². The Bertz CT molecular complexity index is 735. The summed E-state index contributed by atoms with van der Waals surface area (Å²) in [5.74, 6) is 5.39. The van der Waals surface area contributed by atoms with Gasteiger partial charge in [-0.25, -0.2) is 24.0 Å². The number of sulfonamides is 1. The highest BCUT2D eigenvalue weighted by atomic mass is 35.5. The molecule has 0 aliphatic carbocycles. The predicted octanol–water partition coefficient (Wildman–Crippen LogP) is 2.15. The average Bonchev–Trinajstić information content (AvgIpc) is 2.46. The SMILES string of the molecule is NNc1ncc(S(=O)(=O)NCc2ccc(Cl)cc2)cc1Cl. The van der Waals surface area contributed by atoms with Crippen LogP contribution >= 0.6 is 23.2 Å². The van der Waals surface area contributed by atoms with Crippen molar-refractivity contribution in [1.82, 2.24) is 9.71 Å². The zero-order valence-electron chi connectivity index (χ0n) is 10.7. The molecule has 0 unspecified atom stereocenters. The molecule has 2 aromatic rings. The minimum atomic E-state index is -3.71. The van der Waals surface area contributed by atoms with Gasteiger partial charge in [0.1, 0.15) is 4.90 Å². The molecule has 21 heavy (non-hydrogen) atoms. The van der Waals surface area contributed by atoms with Crippen LogP contribution in [0.15, 0.2) is 41.4 Å². The van der Waals surface area contributed by atoms with Gasteiger partial charge in [0.25, 0.3) is 0 Å². The zero-order chi connectivity index (χ0) is 15.5. The number of benzene rings is 1. The third-order valence-electron chi connectivity index (χ3n) is 2.64. The topological polar surface area (TPSA) is 97.1 Å². The molecule has 0 aliphatic rings. The zero-order valence-corrected chi connectivity index (χ0v) is 13.0. The van der Waals surface area contributed by atoms with Crippen molar-refractivity contribution in [2.45, 2.75) is 11.4 Å². The van der Waals surface area contributed by atoms with Gasteiger partial charge in [-0.15, -0.1) is 0 Å². The Labute approximate surface area is 132 Å². The molecule has 0 atom stereocenters. The summed E-state index contributed by atoms with van der Waals surface area (Å²) < 4.78 is 26.7. The second-order valence-corrected chi connectivity index (χ2v) is 6.71. The van der Waals surface area contributed by atoms with Crippen LogP contribution in [0.1, 0.15) is 5.56 Å². The average molecular weight is 347 g/mol. The van der Waals surface area contributed by atoms with Gasteiger partial charge in [0, 0.05) is 17.8 Å². The molecule has 9 heteroatoms. The van der Waals surface area contributed by atoms with Crippen molar-refractivity contribution >= 4 is 39.0 Å². The first-order valence-corrected chi connectivity index (χ1v) is 8.02. The summed E-state index contributed by atoms with van der Waals surface area (Å²) in [6.45, 7) is 0.133. The minimum Gasteiger partial charge on any atom is -0.307 e. The van der Waals surface area contributed by atoms with Gasteiger partial charge in [0.15, 0.2) is 5.82 Å². The van der Waals surface area contributed by atoms with E-state index in [4.69, 9.17) is 29.0 Å². The molecule has 1 heterocycles. The Morgan fingerprint density at radius 2 is 1.86 bits per heavy atom. The molecular weight excluding hydrogens is 335 g/mol. The van der Waals surface area contributed by atoms with E-state index in [2.05, 4.69) is 15.1 Å². The van der Waals surface area contributed by atoms with Gasteiger partial charge in [0.05, 0.1) is 5.02 Å². The number of rotatable bonds is 5. The number of nitrogens with two attached hydrogens (primary N) is 1. The highest BCUT2D eigenvalue weighted by Gasteiger charge is 2.16. The first-order valence-electron chi connectivity index (χ1n) is 5.78. The van der Waals surface area contributed by atoms with Crippen LogP contribution in [0.3, 0.4) is 0 Å². The van der Waals surface area contributed by atoms with Gasteiger partial charge in [-0.1, -0.05) is 35.3 Å². The standard InChI is InChI=1S/C12H12Cl2N4O2S/c13-9-3-1-8(2-4-9)6-17-21(19,20)10-5-11(14)12(18-15)16-7-10/h1-5,7,17H,6,15H2,(H,16,18). The van der Waals surface area contributed by atoms with E-state index in [-0.39, 0.29) is 22.3 Å². The van der Waals surface area contributed by atoms with E-state index in [9.17, 15) is 8.42 Å². The highest BCUT2D eigenvalue weighted by Crippen LogP contribution is 2.21. The number of anilines is 1. The molecule has 1 aromatic heterocycles. The molecule has 0 amide bonds. The number of hydrogen-bond acceptors (Lipinski definition) is 5. The lowest BCUT2D eigenvalue weighted by Gasteiger charge is -2.08. The van der Waals surface area contributed by atoms with Gasteiger partial charge >= 0.3 is 0 Å². The lowest BCUT2D eigenvalue weighted by molar-refractivity contribution is 0.581. The fourth-order valence-corrected chi connectivity index (χ4v) is 2.94. The summed E-state index contributed by atoms with van der Waals surface area (Å²) in [6, 6.07) is 8.11. The minimum absolute atomic E-state index is 0.0412. The van der Waals surface area contributed by atoms with Crippen LogP contribution in [-0.2, 0) is 16.6 Å². The van der Waals surface area contributed by atoms with E-state index in [1.54, 1.807) is 24.3 Å². The van der Waals surface area contributed by atoms with Crippen molar-refractivity contribution in [3.63, 3.8) is 0 Å². The lowest BCUT2D eigenvalue weighted by atomic mass is 10.2. The first-order chi connectivity index (χ1) is 9.92. The Morgan fingerprint density at radius 3 is 2.43 bits per heavy atom. The lowest BCUT2D eigenvalue weighted by Crippen LogP contribution is -2.23. The van der Waals surface area contributed by atoms with Crippen molar-refractivity contribution in [2.24, 2.45) is 5.84 Å². The monoisotopic (exact) mass is 346 g/mol. The Balaban J connectivity index is 2.14. The summed E-state index contributed by atoms with van der Waals surface area (Å²) in [5.41, 5.74) is 3.05. The van der Waals surface area contributed by atoms with Crippen molar-refractivity contribution < 1.29 is 8.42 Å². The van der Waals surface area contributed by atoms with Crippen LogP contribution in [-0.4, -0.2) is 13.4 Å². The molecule has 1 aromatic carbocycles. The molecule has 0 saturated heterocycles. The number of halogens is 2. The molecule has 0 bridgehead atoms. The van der Waals surface area contributed by atoms with E-state index in [0.717, 1.165) is 5.56 Å². The maximum absolute atomic E-state index is 12.1. The van der Waals surface area contributed by atoms with Crippen LogP contribution in [0.5, 0.6) is 0 Å².